The summed E-state index contributed by atoms with van der Waals surface area (Å²) in [5, 5.41) is 0. The van der Waals surface area contributed by atoms with Crippen molar-refractivity contribution in [1.82, 2.24) is 0 Å². The SMILES string of the molecule is Cc1cccc(C(=O)OOC(OOC(=O)c2cccc(C)c2)C(C)C)c1. The van der Waals surface area contributed by atoms with Crippen LogP contribution in [0.3, 0.4) is 0 Å². The standard InChI is InChI=1S/C20H22O6/c1-13(2)20(25-23-18(21)16-9-5-7-14(3)11-16)26-24-19(22)17-10-6-8-15(4)12-17/h5-13,20H,1-4H3. The lowest BCUT2D eigenvalue weighted by atomic mass is 10.1. The van der Waals surface area contributed by atoms with Crippen LogP contribution in [0.1, 0.15) is 45.7 Å². The van der Waals surface area contributed by atoms with E-state index in [2.05, 4.69) is 0 Å². The molecule has 0 saturated carbocycles. The average molecular weight is 358 g/mol. The molecule has 6 nitrogen and oxygen atoms in total. The zero-order chi connectivity index (χ0) is 19.1. The van der Waals surface area contributed by atoms with Crippen LogP contribution in [0.15, 0.2) is 48.5 Å². The fraction of sp³-hybridized carbons (Fsp3) is 0.300. The Balaban J connectivity index is 1.90. The van der Waals surface area contributed by atoms with E-state index in [0.717, 1.165) is 11.1 Å². The summed E-state index contributed by atoms with van der Waals surface area (Å²) in [6.45, 7) is 7.27. The Labute approximate surface area is 152 Å². The Kier molecular flexibility index (Phi) is 6.89. The van der Waals surface area contributed by atoms with Crippen molar-refractivity contribution in [2.24, 2.45) is 5.92 Å². The quantitative estimate of drug-likeness (QED) is 0.420. The third-order valence-electron chi connectivity index (χ3n) is 3.49. The monoisotopic (exact) mass is 358 g/mol. The third-order valence-corrected chi connectivity index (χ3v) is 3.49. The van der Waals surface area contributed by atoms with Crippen molar-refractivity contribution in [1.29, 1.82) is 0 Å². The topological polar surface area (TPSA) is 71.1 Å². The van der Waals surface area contributed by atoms with Crippen LogP contribution in [0.5, 0.6) is 0 Å². The lowest BCUT2D eigenvalue weighted by Gasteiger charge is -2.18. The Morgan fingerprint density at radius 1 is 0.769 bits per heavy atom. The molecule has 0 aliphatic carbocycles. The number of rotatable bonds is 7. The molecule has 0 saturated heterocycles. The van der Waals surface area contributed by atoms with E-state index in [4.69, 9.17) is 19.6 Å². The van der Waals surface area contributed by atoms with Crippen LogP contribution >= 0.6 is 0 Å². The molecular weight excluding hydrogens is 336 g/mol. The predicted molar refractivity (Wildman–Crippen MR) is 94.0 cm³/mol. The van der Waals surface area contributed by atoms with E-state index in [-0.39, 0.29) is 5.92 Å². The number of benzene rings is 2. The van der Waals surface area contributed by atoms with E-state index in [9.17, 15) is 9.59 Å². The van der Waals surface area contributed by atoms with Crippen molar-refractivity contribution in [2.75, 3.05) is 0 Å². The van der Waals surface area contributed by atoms with Gasteiger partial charge in [-0.15, -0.1) is 9.78 Å². The van der Waals surface area contributed by atoms with E-state index in [0.29, 0.717) is 11.1 Å². The molecule has 6 heteroatoms. The van der Waals surface area contributed by atoms with Crippen LogP contribution in [-0.2, 0) is 19.6 Å². The number of hydrogen-bond donors (Lipinski definition) is 0. The highest BCUT2D eigenvalue weighted by atomic mass is 17.3. The number of hydrogen-bond acceptors (Lipinski definition) is 6. The molecule has 2 rings (SSSR count). The molecular formula is C20H22O6. The fourth-order valence-corrected chi connectivity index (χ4v) is 2.06. The summed E-state index contributed by atoms with van der Waals surface area (Å²) in [5.74, 6) is -1.55. The second-order valence-electron chi connectivity index (χ2n) is 6.29. The maximum Gasteiger partial charge on any atom is 0.373 e. The Morgan fingerprint density at radius 2 is 1.19 bits per heavy atom. The van der Waals surface area contributed by atoms with Crippen molar-refractivity contribution in [2.45, 2.75) is 34.0 Å². The highest BCUT2D eigenvalue weighted by molar-refractivity contribution is 5.89. The van der Waals surface area contributed by atoms with Crippen LogP contribution in [0.25, 0.3) is 0 Å². The average Bonchev–Trinajstić information content (AvgIpc) is 2.60. The molecule has 0 amide bonds. The smallest absolute Gasteiger partial charge is 0.290 e. The van der Waals surface area contributed by atoms with Gasteiger partial charge >= 0.3 is 11.9 Å². The van der Waals surface area contributed by atoms with Gasteiger partial charge in [0.1, 0.15) is 0 Å². The van der Waals surface area contributed by atoms with Gasteiger partial charge < -0.3 is 0 Å². The van der Waals surface area contributed by atoms with Crippen LogP contribution in [-0.4, -0.2) is 18.2 Å². The molecule has 0 aromatic heterocycles. The minimum absolute atomic E-state index is 0.231. The van der Waals surface area contributed by atoms with Crippen molar-refractivity contribution in [3.05, 3.63) is 70.8 Å². The first-order chi connectivity index (χ1) is 12.4. The van der Waals surface area contributed by atoms with Gasteiger partial charge in [-0.3, -0.25) is 9.78 Å². The minimum atomic E-state index is -1.06. The van der Waals surface area contributed by atoms with Gasteiger partial charge in [0.25, 0.3) is 0 Å². The van der Waals surface area contributed by atoms with Crippen molar-refractivity contribution >= 4 is 11.9 Å². The molecule has 0 spiro atoms. The van der Waals surface area contributed by atoms with Gasteiger partial charge in [0, 0.05) is 5.92 Å². The highest BCUT2D eigenvalue weighted by Crippen LogP contribution is 2.14. The molecule has 0 heterocycles. The summed E-state index contributed by atoms with van der Waals surface area (Å²) in [6, 6.07) is 13.8. The van der Waals surface area contributed by atoms with E-state index in [1.165, 1.54) is 0 Å². The predicted octanol–water partition coefficient (Wildman–Crippen LogP) is 4.16. The zero-order valence-corrected chi connectivity index (χ0v) is 15.2. The third kappa shape index (κ3) is 5.68. The Morgan fingerprint density at radius 3 is 1.54 bits per heavy atom. The second kappa shape index (κ2) is 9.12. The van der Waals surface area contributed by atoms with Crippen LogP contribution in [0.2, 0.25) is 0 Å². The molecule has 138 valence electrons. The molecule has 0 unspecified atom stereocenters. The summed E-state index contributed by atoms with van der Waals surface area (Å²) < 4.78 is 0. The van der Waals surface area contributed by atoms with Crippen LogP contribution in [0.4, 0.5) is 0 Å². The van der Waals surface area contributed by atoms with Gasteiger partial charge in [-0.05, 0) is 38.1 Å². The van der Waals surface area contributed by atoms with Crippen LogP contribution in [0, 0.1) is 19.8 Å². The molecule has 26 heavy (non-hydrogen) atoms. The van der Waals surface area contributed by atoms with E-state index >= 15 is 0 Å². The maximum atomic E-state index is 12.0. The number of carbonyl (C=O) groups is 2. The zero-order valence-electron chi connectivity index (χ0n) is 15.2. The van der Waals surface area contributed by atoms with Crippen LogP contribution < -0.4 is 0 Å². The molecule has 0 aliphatic heterocycles. The molecule has 2 aromatic carbocycles. The van der Waals surface area contributed by atoms with Crippen molar-refractivity contribution in [3.8, 4) is 0 Å². The van der Waals surface area contributed by atoms with Gasteiger partial charge in [-0.1, -0.05) is 49.2 Å². The summed E-state index contributed by atoms with van der Waals surface area (Å²) >= 11 is 0. The highest BCUT2D eigenvalue weighted by Gasteiger charge is 2.23. The maximum absolute atomic E-state index is 12.0. The largest absolute Gasteiger partial charge is 0.373 e. The fourth-order valence-electron chi connectivity index (χ4n) is 2.06. The molecule has 0 bridgehead atoms. The molecule has 0 radical (unpaired) electrons. The second-order valence-corrected chi connectivity index (χ2v) is 6.29. The summed E-state index contributed by atoms with van der Waals surface area (Å²) in [4.78, 5) is 43.7. The van der Waals surface area contributed by atoms with Gasteiger partial charge in [-0.25, -0.2) is 9.59 Å². The van der Waals surface area contributed by atoms with E-state index in [1.54, 1.807) is 50.2 Å². The Bertz CT molecular complexity index is 707. The van der Waals surface area contributed by atoms with Gasteiger partial charge in [0.15, 0.2) is 0 Å². The van der Waals surface area contributed by atoms with E-state index < -0.39 is 18.2 Å². The first kappa shape index (κ1) is 19.6. The lowest BCUT2D eigenvalue weighted by molar-refractivity contribution is -0.430. The molecule has 0 atom stereocenters. The molecule has 0 aliphatic rings. The summed E-state index contributed by atoms with van der Waals surface area (Å²) in [5.41, 5.74) is 2.54. The van der Waals surface area contributed by atoms with Crippen molar-refractivity contribution in [3.63, 3.8) is 0 Å². The number of carbonyl (C=O) groups excluding carboxylic acids is 2. The normalized spacial score (nSPS) is 10.8. The number of aryl methyl sites for hydroxylation is 2. The van der Waals surface area contributed by atoms with Gasteiger partial charge in [0.05, 0.1) is 11.1 Å². The first-order valence-electron chi connectivity index (χ1n) is 8.25. The first-order valence-corrected chi connectivity index (χ1v) is 8.25. The molecule has 0 N–H and O–H groups in total. The Hall–Kier alpha value is -2.70. The van der Waals surface area contributed by atoms with Gasteiger partial charge in [-0.2, -0.15) is 0 Å². The molecule has 0 fully saturated rings. The minimum Gasteiger partial charge on any atom is -0.290 e. The lowest BCUT2D eigenvalue weighted by Crippen LogP contribution is -2.26. The summed E-state index contributed by atoms with van der Waals surface area (Å²) in [6.07, 6.45) is -1.06. The van der Waals surface area contributed by atoms with E-state index in [1.807, 2.05) is 26.0 Å². The van der Waals surface area contributed by atoms with Gasteiger partial charge in [0.2, 0.25) is 6.29 Å². The molecule has 2 aromatic rings. The summed E-state index contributed by atoms with van der Waals surface area (Å²) in [7, 11) is 0. The van der Waals surface area contributed by atoms with Crippen molar-refractivity contribution < 1.29 is 29.1 Å².